The summed E-state index contributed by atoms with van der Waals surface area (Å²) in [6.45, 7) is 3.89. The minimum Gasteiger partial charge on any atom is -0.358 e. The SMILES string of the molecule is Cc1cc([N+](=O)[O-])nn1Cc1ccc(C(=O)N2CCCCC2)cc1. The van der Waals surface area contributed by atoms with Gasteiger partial charge in [-0.2, -0.15) is 4.68 Å². The number of amides is 1. The van der Waals surface area contributed by atoms with E-state index in [2.05, 4.69) is 5.10 Å². The fourth-order valence-corrected chi connectivity index (χ4v) is 2.95. The lowest BCUT2D eigenvalue weighted by atomic mass is 10.1. The Hall–Kier alpha value is -2.70. The van der Waals surface area contributed by atoms with Gasteiger partial charge in [-0.25, -0.2) is 0 Å². The van der Waals surface area contributed by atoms with Crippen LogP contribution in [0.5, 0.6) is 0 Å². The summed E-state index contributed by atoms with van der Waals surface area (Å²) in [6, 6.07) is 8.85. The number of nitrogens with zero attached hydrogens (tertiary/aromatic N) is 4. The highest BCUT2D eigenvalue weighted by Gasteiger charge is 2.18. The average molecular weight is 328 g/mol. The zero-order valence-electron chi connectivity index (χ0n) is 13.6. The van der Waals surface area contributed by atoms with Crippen LogP contribution in [0.2, 0.25) is 0 Å². The first-order chi connectivity index (χ1) is 11.5. The fourth-order valence-electron chi connectivity index (χ4n) is 2.95. The molecule has 0 saturated carbocycles. The Morgan fingerprint density at radius 3 is 2.46 bits per heavy atom. The van der Waals surface area contributed by atoms with Crippen LogP contribution < -0.4 is 0 Å². The molecule has 0 atom stereocenters. The molecule has 0 radical (unpaired) electrons. The number of aromatic nitrogens is 2. The fraction of sp³-hybridized carbons (Fsp3) is 0.412. The Kier molecular flexibility index (Phi) is 4.59. The molecule has 7 nitrogen and oxygen atoms in total. The summed E-state index contributed by atoms with van der Waals surface area (Å²) >= 11 is 0. The molecule has 2 heterocycles. The van der Waals surface area contributed by atoms with Gasteiger partial charge in [-0.1, -0.05) is 12.1 Å². The molecule has 1 aromatic heterocycles. The van der Waals surface area contributed by atoms with Gasteiger partial charge in [0.15, 0.2) is 0 Å². The van der Waals surface area contributed by atoms with Crippen molar-refractivity contribution in [1.29, 1.82) is 0 Å². The summed E-state index contributed by atoms with van der Waals surface area (Å²) in [5, 5.41) is 14.8. The molecule has 1 aromatic carbocycles. The molecule has 0 N–H and O–H groups in total. The van der Waals surface area contributed by atoms with Crippen LogP contribution in [0.25, 0.3) is 0 Å². The van der Waals surface area contributed by atoms with Crippen molar-refractivity contribution in [2.24, 2.45) is 0 Å². The van der Waals surface area contributed by atoms with Gasteiger partial charge in [0.25, 0.3) is 5.91 Å². The zero-order valence-corrected chi connectivity index (χ0v) is 13.6. The van der Waals surface area contributed by atoms with Crippen LogP contribution in [-0.2, 0) is 6.54 Å². The van der Waals surface area contributed by atoms with E-state index in [4.69, 9.17) is 0 Å². The van der Waals surface area contributed by atoms with Gasteiger partial charge in [-0.05, 0) is 48.8 Å². The number of likely N-dealkylation sites (tertiary alicyclic amines) is 1. The maximum absolute atomic E-state index is 12.4. The summed E-state index contributed by atoms with van der Waals surface area (Å²) in [6.07, 6.45) is 3.33. The number of carbonyl (C=O) groups is 1. The number of hydrogen-bond acceptors (Lipinski definition) is 4. The molecule has 7 heteroatoms. The molecule has 2 aromatic rings. The molecule has 1 aliphatic heterocycles. The quantitative estimate of drug-likeness (QED) is 0.638. The van der Waals surface area contributed by atoms with Crippen molar-refractivity contribution in [3.8, 4) is 0 Å². The van der Waals surface area contributed by atoms with Crippen molar-refractivity contribution in [2.75, 3.05) is 13.1 Å². The maximum Gasteiger partial charge on any atom is 0.390 e. The number of hydrogen-bond donors (Lipinski definition) is 0. The number of rotatable bonds is 4. The van der Waals surface area contributed by atoms with Gasteiger partial charge in [0.2, 0.25) is 0 Å². The van der Waals surface area contributed by atoms with E-state index >= 15 is 0 Å². The first-order valence-electron chi connectivity index (χ1n) is 8.11. The first-order valence-corrected chi connectivity index (χ1v) is 8.11. The smallest absolute Gasteiger partial charge is 0.358 e. The molecule has 1 amide bonds. The lowest BCUT2D eigenvalue weighted by Gasteiger charge is -2.26. The van der Waals surface area contributed by atoms with Gasteiger partial charge < -0.3 is 15.0 Å². The monoisotopic (exact) mass is 328 g/mol. The highest BCUT2D eigenvalue weighted by atomic mass is 16.6. The predicted octanol–water partition coefficient (Wildman–Crippen LogP) is 2.77. The number of piperidine rings is 1. The van der Waals surface area contributed by atoms with E-state index in [0.717, 1.165) is 37.2 Å². The molecular weight excluding hydrogens is 308 g/mol. The van der Waals surface area contributed by atoms with E-state index in [1.165, 1.54) is 12.5 Å². The lowest BCUT2D eigenvalue weighted by Crippen LogP contribution is -2.35. The van der Waals surface area contributed by atoms with Crippen LogP contribution in [0.15, 0.2) is 30.3 Å². The van der Waals surface area contributed by atoms with Gasteiger partial charge in [0, 0.05) is 18.7 Å². The molecule has 126 valence electrons. The van der Waals surface area contributed by atoms with E-state index in [0.29, 0.717) is 12.1 Å². The Labute approximate surface area is 140 Å². The molecule has 1 saturated heterocycles. The highest BCUT2D eigenvalue weighted by molar-refractivity contribution is 5.94. The topological polar surface area (TPSA) is 81.3 Å². The molecule has 0 spiro atoms. The largest absolute Gasteiger partial charge is 0.390 e. The molecule has 1 fully saturated rings. The van der Waals surface area contributed by atoms with Crippen LogP contribution in [0.3, 0.4) is 0 Å². The first kappa shape index (κ1) is 16.2. The Bertz CT molecular complexity index is 746. The molecule has 0 bridgehead atoms. The van der Waals surface area contributed by atoms with E-state index in [1.54, 1.807) is 11.6 Å². The highest BCUT2D eigenvalue weighted by Crippen LogP contribution is 2.16. The van der Waals surface area contributed by atoms with E-state index < -0.39 is 4.92 Å². The van der Waals surface area contributed by atoms with E-state index in [9.17, 15) is 14.9 Å². The van der Waals surface area contributed by atoms with Crippen molar-refractivity contribution < 1.29 is 9.72 Å². The van der Waals surface area contributed by atoms with Gasteiger partial charge in [0.1, 0.15) is 0 Å². The minimum atomic E-state index is -0.496. The van der Waals surface area contributed by atoms with Gasteiger partial charge >= 0.3 is 5.82 Å². The zero-order chi connectivity index (χ0) is 17.1. The van der Waals surface area contributed by atoms with Crippen LogP contribution in [0.4, 0.5) is 5.82 Å². The van der Waals surface area contributed by atoms with Crippen LogP contribution >= 0.6 is 0 Å². The number of benzene rings is 1. The summed E-state index contributed by atoms with van der Waals surface area (Å²) in [5.74, 6) is -0.0726. The Morgan fingerprint density at radius 2 is 1.88 bits per heavy atom. The maximum atomic E-state index is 12.4. The lowest BCUT2D eigenvalue weighted by molar-refractivity contribution is -0.389. The van der Waals surface area contributed by atoms with Crippen molar-refractivity contribution in [3.63, 3.8) is 0 Å². The standard InChI is InChI=1S/C17H20N4O3/c1-13-11-16(21(23)24)18-20(13)12-14-5-7-15(8-6-14)17(22)19-9-3-2-4-10-19/h5-8,11H,2-4,9-10,12H2,1H3. The Balaban J connectivity index is 1.70. The third-order valence-corrected chi connectivity index (χ3v) is 4.33. The number of aryl methyl sites for hydroxylation is 1. The van der Waals surface area contributed by atoms with Crippen LogP contribution in [0, 0.1) is 17.0 Å². The molecule has 0 aliphatic carbocycles. The third-order valence-electron chi connectivity index (χ3n) is 4.33. The number of carbonyl (C=O) groups excluding carboxylic acids is 1. The minimum absolute atomic E-state index is 0.0761. The summed E-state index contributed by atoms with van der Waals surface area (Å²) in [7, 11) is 0. The number of nitro groups is 1. The molecule has 24 heavy (non-hydrogen) atoms. The molecule has 3 rings (SSSR count). The second kappa shape index (κ2) is 6.82. The molecular formula is C17H20N4O3. The van der Waals surface area contributed by atoms with Gasteiger partial charge in [-0.15, -0.1) is 0 Å². The van der Waals surface area contributed by atoms with Crippen LogP contribution in [-0.4, -0.2) is 38.6 Å². The van der Waals surface area contributed by atoms with Crippen LogP contribution in [0.1, 0.15) is 40.9 Å². The van der Waals surface area contributed by atoms with Crippen molar-refractivity contribution >= 4 is 11.7 Å². The summed E-state index contributed by atoms with van der Waals surface area (Å²) in [4.78, 5) is 24.6. The van der Waals surface area contributed by atoms with E-state index in [1.807, 2.05) is 29.2 Å². The summed E-state index contributed by atoms with van der Waals surface area (Å²) < 4.78 is 1.60. The third kappa shape index (κ3) is 3.45. The molecule has 1 aliphatic rings. The van der Waals surface area contributed by atoms with Crippen molar-refractivity contribution in [3.05, 3.63) is 57.3 Å². The van der Waals surface area contributed by atoms with Crippen molar-refractivity contribution in [2.45, 2.75) is 32.7 Å². The van der Waals surface area contributed by atoms with E-state index in [-0.39, 0.29) is 11.7 Å². The molecule has 0 unspecified atom stereocenters. The Morgan fingerprint density at radius 1 is 1.21 bits per heavy atom. The second-order valence-corrected chi connectivity index (χ2v) is 6.11. The van der Waals surface area contributed by atoms with Gasteiger partial charge in [0.05, 0.1) is 23.4 Å². The van der Waals surface area contributed by atoms with Gasteiger partial charge in [-0.3, -0.25) is 4.79 Å². The van der Waals surface area contributed by atoms with Crippen molar-refractivity contribution in [1.82, 2.24) is 14.7 Å². The normalized spacial score (nSPS) is 14.6. The average Bonchev–Trinajstić information content (AvgIpc) is 2.97. The second-order valence-electron chi connectivity index (χ2n) is 6.11. The summed E-state index contributed by atoms with van der Waals surface area (Å²) in [5.41, 5.74) is 2.37. The predicted molar refractivity (Wildman–Crippen MR) is 88.9 cm³/mol.